The van der Waals surface area contributed by atoms with E-state index in [2.05, 4.69) is 44.9 Å². The van der Waals surface area contributed by atoms with Crippen LogP contribution in [0.15, 0.2) is 36.0 Å². The quantitative estimate of drug-likeness (QED) is 0.104. The van der Waals surface area contributed by atoms with Gasteiger partial charge in [0.25, 0.3) is 0 Å². The van der Waals surface area contributed by atoms with E-state index in [1.54, 1.807) is 6.08 Å². The van der Waals surface area contributed by atoms with Crippen LogP contribution in [-0.2, 0) is 28.6 Å². The van der Waals surface area contributed by atoms with Gasteiger partial charge >= 0.3 is 0 Å². The number of rotatable bonds is 13. The van der Waals surface area contributed by atoms with Crippen molar-refractivity contribution in [1.82, 2.24) is 16.0 Å². The summed E-state index contributed by atoms with van der Waals surface area (Å²) < 4.78 is 18.1. The Labute approximate surface area is 258 Å². The normalized spacial score (nSPS) is 33.3. The first-order chi connectivity index (χ1) is 19.9. The van der Waals surface area contributed by atoms with E-state index in [1.807, 2.05) is 45.9 Å². The topological polar surface area (TPSA) is 139 Å². The first-order valence-corrected chi connectivity index (χ1v) is 16.1. The fourth-order valence-electron chi connectivity index (χ4n) is 5.32. The summed E-state index contributed by atoms with van der Waals surface area (Å²) in [6.07, 6.45) is 9.98. The lowest BCUT2D eigenvalue weighted by Gasteiger charge is -2.39. The van der Waals surface area contributed by atoms with E-state index in [0.717, 1.165) is 18.4 Å². The summed E-state index contributed by atoms with van der Waals surface area (Å²) in [5, 5.41) is 19.7. The smallest absolute Gasteiger partial charge is 0.243 e. The van der Waals surface area contributed by atoms with Crippen molar-refractivity contribution < 1.29 is 33.7 Å². The maximum absolute atomic E-state index is 12.2. The van der Waals surface area contributed by atoms with Crippen LogP contribution in [0, 0.1) is 11.8 Å². The monoisotopic (exact) mass is 653 g/mol. The molecular formula is C31H48BrN3O7. The summed E-state index contributed by atoms with van der Waals surface area (Å²) in [5.74, 6) is 0.174. The summed E-state index contributed by atoms with van der Waals surface area (Å²) in [6.45, 7) is 11.3. The molecule has 42 heavy (non-hydrogen) atoms. The van der Waals surface area contributed by atoms with Gasteiger partial charge in [0.1, 0.15) is 17.8 Å². The van der Waals surface area contributed by atoms with Crippen molar-refractivity contribution in [1.29, 1.82) is 0 Å². The molecule has 0 radical (unpaired) electrons. The molecule has 0 aromatic carbocycles. The number of ether oxygens (including phenoxy) is 3. The Balaban J connectivity index is 1.48. The molecule has 0 aromatic heterocycles. The molecule has 0 aromatic rings. The number of halogens is 1. The molecule has 3 amide bonds. The third-order valence-electron chi connectivity index (χ3n) is 8.01. The highest BCUT2D eigenvalue weighted by molar-refractivity contribution is 9.09. The molecule has 3 saturated heterocycles. The molecule has 0 unspecified atom stereocenters. The van der Waals surface area contributed by atoms with Gasteiger partial charge in [-0.2, -0.15) is 0 Å². The van der Waals surface area contributed by atoms with Crippen LogP contribution in [0.3, 0.4) is 0 Å². The molecule has 0 aliphatic carbocycles. The summed E-state index contributed by atoms with van der Waals surface area (Å²) in [7, 11) is 0. The number of epoxide rings is 1. The van der Waals surface area contributed by atoms with Crippen LogP contribution >= 0.6 is 15.9 Å². The predicted octanol–water partition coefficient (Wildman–Crippen LogP) is 2.69. The highest BCUT2D eigenvalue weighted by Gasteiger charge is 2.58. The molecule has 1 spiro atoms. The van der Waals surface area contributed by atoms with E-state index in [-0.39, 0.29) is 66.3 Å². The van der Waals surface area contributed by atoms with Crippen molar-refractivity contribution >= 4 is 33.7 Å². The largest absolute Gasteiger partial charge is 0.387 e. The van der Waals surface area contributed by atoms with Crippen molar-refractivity contribution in [3.8, 4) is 0 Å². The van der Waals surface area contributed by atoms with E-state index in [9.17, 15) is 19.5 Å². The minimum atomic E-state index is -0.793. The molecule has 4 N–H and O–H groups in total. The number of carbonyl (C=O) groups is 3. The van der Waals surface area contributed by atoms with Gasteiger partial charge in [-0.25, -0.2) is 0 Å². The molecule has 11 heteroatoms. The second-order valence-corrected chi connectivity index (χ2v) is 12.7. The number of aliphatic hydroxyl groups is 1. The number of aliphatic hydroxyl groups excluding tert-OH is 1. The fraction of sp³-hybridized carbons (Fsp3) is 0.710. The minimum absolute atomic E-state index is 0.0229. The van der Waals surface area contributed by atoms with Crippen molar-refractivity contribution in [2.45, 2.75) is 102 Å². The van der Waals surface area contributed by atoms with Crippen LogP contribution in [-0.4, -0.2) is 90.0 Å². The molecule has 3 aliphatic rings. The number of hydrogen-bond acceptors (Lipinski definition) is 7. The lowest BCUT2D eigenvalue weighted by atomic mass is 9.87. The van der Waals surface area contributed by atoms with Gasteiger partial charge in [-0.15, -0.1) is 0 Å². The van der Waals surface area contributed by atoms with E-state index >= 15 is 0 Å². The Kier molecular flexibility index (Phi) is 13.2. The van der Waals surface area contributed by atoms with Crippen LogP contribution in [0.5, 0.6) is 0 Å². The summed E-state index contributed by atoms with van der Waals surface area (Å²) in [4.78, 5) is 35.7. The minimum Gasteiger partial charge on any atom is -0.387 e. The van der Waals surface area contributed by atoms with Crippen LogP contribution < -0.4 is 16.0 Å². The third-order valence-corrected chi connectivity index (χ3v) is 8.52. The zero-order valence-corrected chi connectivity index (χ0v) is 27.0. The standard InChI is InChI=1S/C31H48BrN3O7/c1-19(2)6-11-28(37)35-24-14-21(4)25(41-22(24)5)9-7-20(3)8-10-26-30(39)31(18-40-31)15-23(42-26)17-34-27(36)12-13-33-29(38)16-32/h6-8,10-11,19,21-26,30,39H,9,12-18H2,1-5H3,(H,33,38)(H,34,36)(H,35,37)/b10-8+,11-6-,20-7+/t21-,22+,23-,24+,25-,26+,30+,31+/m0/s1. The molecule has 10 nitrogen and oxygen atoms in total. The van der Waals surface area contributed by atoms with Crippen molar-refractivity contribution in [3.63, 3.8) is 0 Å². The number of hydrogen-bond donors (Lipinski definition) is 4. The molecule has 3 fully saturated rings. The van der Waals surface area contributed by atoms with Crippen LogP contribution in [0.25, 0.3) is 0 Å². The molecule has 0 bridgehead atoms. The summed E-state index contributed by atoms with van der Waals surface area (Å²) in [6, 6.07) is -0.0229. The number of alkyl halides is 1. The van der Waals surface area contributed by atoms with Crippen molar-refractivity contribution in [3.05, 3.63) is 36.0 Å². The van der Waals surface area contributed by atoms with Gasteiger partial charge < -0.3 is 35.3 Å². The summed E-state index contributed by atoms with van der Waals surface area (Å²) >= 11 is 3.07. The van der Waals surface area contributed by atoms with E-state index in [0.29, 0.717) is 25.5 Å². The second-order valence-electron chi connectivity index (χ2n) is 12.1. The number of amides is 3. The number of allylic oxidation sites excluding steroid dienone is 3. The Morgan fingerprint density at radius 3 is 2.52 bits per heavy atom. The first kappa shape index (κ1) is 34.4. The third kappa shape index (κ3) is 10.6. The second kappa shape index (κ2) is 16.1. The van der Waals surface area contributed by atoms with Gasteiger partial charge in [0.2, 0.25) is 17.7 Å². The molecular weight excluding hydrogens is 606 g/mol. The van der Waals surface area contributed by atoms with Crippen LogP contribution in [0.4, 0.5) is 0 Å². The zero-order chi connectivity index (χ0) is 30.9. The lowest BCUT2D eigenvalue weighted by molar-refractivity contribution is -0.136. The highest BCUT2D eigenvalue weighted by atomic mass is 79.9. The van der Waals surface area contributed by atoms with Gasteiger partial charge in [-0.3, -0.25) is 14.4 Å². The van der Waals surface area contributed by atoms with Crippen LogP contribution in [0.2, 0.25) is 0 Å². The van der Waals surface area contributed by atoms with Crippen molar-refractivity contribution in [2.24, 2.45) is 11.8 Å². The zero-order valence-electron chi connectivity index (χ0n) is 25.4. The summed E-state index contributed by atoms with van der Waals surface area (Å²) in [5.41, 5.74) is 0.387. The Morgan fingerprint density at radius 1 is 1.12 bits per heavy atom. The SMILES string of the molecule is CC(/C=C/[C@H]1O[C@H](CNC(=O)CCNC(=O)CBr)C[C@@]2(CO2)[C@@H]1O)=C\C[C@@H]1O[C@H](C)[C@H](NC(=O)/C=C\C(C)C)C[C@@H]1C. The molecule has 3 rings (SSSR count). The van der Waals surface area contributed by atoms with Gasteiger partial charge in [0.15, 0.2) is 0 Å². The van der Waals surface area contributed by atoms with E-state index < -0.39 is 17.8 Å². The maximum atomic E-state index is 12.2. The fourth-order valence-corrected chi connectivity index (χ4v) is 5.52. The van der Waals surface area contributed by atoms with Gasteiger partial charge in [0, 0.05) is 25.9 Å². The van der Waals surface area contributed by atoms with E-state index in [1.165, 1.54) is 0 Å². The maximum Gasteiger partial charge on any atom is 0.243 e. The molecule has 3 heterocycles. The van der Waals surface area contributed by atoms with Gasteiger partial charge in [0.05, 0.1) is 36.3 Å². The Hall–Kier alpha value is -2.05. The number of carbonyl (C=O) groups excluding carboxylic acids is 3. The average Bonchev–Trinajstić information content (AvgIpc) is 3.72. The Morgan fingerprint density at radius 2 is 1.86 bits per heavy atom. The molecule has 0 saturated carbocycles. The van der Waals surface area contributed by atoms with E-state index in [4.69, 9.17) is 14.2 Å². The van der Waals surface area contributed by atoms with Crippen molar-refractivity contribution in [2.75, 3.05) is 25.0 Å². The predicted molar refractivity (Wildman–Crippen MR) is 164 cm³/mol. The van der Waals surface area contributed by atoms with Crippen LogP contribution in [0.1, 0.15) is 60.3 Å². The Bertz CT molecular complexity index is 1030. The molecule has 8 atom stereocenters. The molecule has 236 valence electrons. The molecule has 3 aliphatic heterocycles. The van der Waals surface area contributed by atoms with Gasteiger partial charge in [-0.1, -0.05) is 66.6 Å². The van der Waals surface area contributed by atoms with Gasteiger partial charge in [-0.05, 0) is 44.6 Å². The lowest BCUT2D eigenvalue weighted by Crippen LogP contribution is -2.52. The average molecular weight is 655 g/mol. The highest BCUT2D eigenvalue weighted by Crippen LogP contribution is 2.42. The first-order valence-electron chi connectivity index (χ1n) is 15.0. The number of nitrogens with one attached hydrogen (secondary N) is 3.